The number of hydrogen-bond donors (Lipinski definition) is 1. The lowest BCUT2D eigenvalue weighted by atomic mass is 9.93. The summed E-state index contributed by atoms with van der Waals surface area (Å²) in [5.41, 5.74) is 7.78. The van der Waals surface area contributed by atoms with E-state index in [1.54, 1.807) is 36.4 Å². The van der Waals surface area contributed by atoms with Gasteiger partial charge in [-0.3, -0.25) is 14.4 Å². The van der Waals surface area contributed by atoms with Crippen LogP contribution in [0.1, 0.15) is 36.6 Å². The number of benzene rings is 2. The molecule has 0 aromatic heterocycles. The smallest absolute Gasteiger partial charge is 0.184 e. The van der Waals surface area contributed by atoms with Gasteiger partial charge in [-0.25, -0.2) is 0 Å². The number of carbonyl (C=O) groups excluding carboxylic acids is 3. The molecule has 1 unspecified atom stereocenters. The van der Waals surface area contributed by atoms with Crippen LogP contribution in [0.15, 0.2) is 42.5 Å². The predicted molar refractivity (Wildman–Crippen MR) is 78.5 cm³/mol. The van der Waals surface area contributed by atoms with Crippen molar-refractivity contribution in [3.05, 3.63) is 64.7 Å². The highest BCUT2D eigenvalue weighted by Crippen LogP contribution is 2.32. The summed E-state index contributed by atoms with van der Waals surface area (Å²) < 4.78 is 0. The lowest BCUT2D eigenvalue weighted by molar-refractivity contribution is 0.0757. The maximum absolute atomic E-state index is 12.5. The zero-order valence-corrected chi connectivity index (χ0v) is 11.4. The van der Waals surface area contributed by atoms with E-state index in [1.165, 1.54) is 6.07 Å². The molecule has 0 spiro atoms. The molecule has 4 nitrogen and oxygen atoms in total. The molecule has 0 saturated carbocycles. The van der Waals surface area contributed by atoms with E-state index < -0.39 is 23.3 Å². The first-order valence-corrected chi connectivity index (χ1v) is 6.58. The van der Waals surface area contributed by atoms with Crippen LogP contribution in [-0.4, -0.2) is 17.3 Å². The molecule has 0 saturated heterocycles. The highest BCUT2D eigenvalue weighted by molar-refractivity contribution is 6.39. The number of aryl methyl sites for hydroxylation is 1. The molecule has 0 radical (unpaired) electrons. The summed E-state index contributed by atoms with van der Waals surface area (Å²) in [7, 11) is 0. The second-order valence-corrected chi connectivity index (χ2v) is 5.16. The van der Waals surface area contributed by atoms with Crippen molar-refractivity contribution < 1.29 is 14.4 Å². The van der Waals surface area contributed by atoms with E-state index in [4.69, 9.17) is 5.73 Å². The van der Waals surface area contributed by atoms with Crippen molar-refractivity contribution >= 4 is 23.0 Å². The summed E-state index contributed by atoms with van der Waals surface area (Å²) in [4.78, 5) is 37.2. The Morgan fingerprint density at radius 2 is 1.67 bits per heavy atom. The molecule has 2 aromatic rings. The van der Waals surface area contributed by atoms with Crippen LogP contribution in [0.2, 0.25) is 0 Å². The Hall–Kier alpha value is -2.75. The molecular formula is C17H13NO3. The van der Waals surface area contributed by atoms with Crippen molar-refractivity contribution in [2.45, 2.75) is 6.92 Å². The number of nitrogen functional groups attached to an aromatic ring is 1. The molecule has 3 rings (SSSR count). The Labute approximate surface area is 121 Å². The second-order valence-electron chi connectivity index (χ2n) is 5.16. The number of fused-ring (bicyclic) bond motifs is 1. The third-order valence-corrected chi connectivity index (χ3v) is 3.73. The fraction of sp³-hybridized carbons (Fsp3) is 0.118. The number of anilines is 1. The van der Waals surface area contributed by atoms with Crippen molar-refractivity contribution in [2.75, 3.05) is 5.73 Å². The van der Waals surface area contributed by atoms with Gasteiger partial charge in [-0.15, -0.1) is 0 Å². The zero-order chi connectivity index (χ0) is 15.1. The van der Waals surface area contributed by atoms with Gasteiger partial charge in [0, 0.05) is 16.8 Å². The molecule has 0 amide bonds. The summed E-state index contributed by atoms with van der Waals surface area (Å²) in [6.07, 6.45) is 0. The number of Topliss-reactive ketones (excluding diaryl/α,β-unsaturated/α-hetero) is 3. The molecule has 1 atom stereocenters. The zero-order valence-electron chi connectivity index (χ0n) is 11.4. The fourth-order valence-electron chi connectivity index (χ4n) is 2.59. The monoisotopic (exact) mass is 279 g/mol. The van der Waals surface area contributed by atoms with E-state index >= 15 is 0 Å². The van der Waals surface area contributed by atoms with Gasteiger partial charge in [-0.05, 0) is 13.0 Å². The standard InChI is InChI=1S/C17H13NO3/c1-9-5-7-10(8-6-9)15(19)14-16(20)11-3-2-4-12(18)13(11)17(14)21/h2-8,14H,18H2,1H3. The minimum atomic E-state index is -1.30. The molecule has 104 valence electrons. The van der Waals surface area contributed by atoms with Crippen molar-refractivity contribution in [2.24, 2.45) is 5.92 Å². The van der Waals surface area contributed by atoms with Gasteiger partial charge in [0.1, 0.15) is 5.92 Å². The Morgan fingerprint density at radius 3 is 2.29 bits per heavy atom. The average molecular weight is 279 g/mol. The van der Waals surface area contributed by atoms with Crippen molar-refractivity contribution in [1.29, 1.82) is 0 Å². The van der Waals surface area contributed by atoms with Crippen LogP contribution in [-0.2, 0) is 0 Å². The Kier molecular flexibility index (Phi) is 2.94. The molecule has 0 heterocycles. The van der Waals surface area contributed by atoms with Gasteiger partial charge >= 0.3 is 0 Å². The first-order valence-electron chi connectivity index (χ1n) is 6.58. The normalized spacial score (nSPS) is 16.9. The molecule has 0 aliphatic heterocycles. The van der Waals surface area contributed by atoms with Crippen LogP contribution in [0.5, 0.6) is 0 Å². The maximum Gasteiger partial charge on any atom is 0.184 e. The SMILES string of the molecule is Cc1ccc(C(=O)C2C(=O)c3cccc(N)c3C2=O)cc1. The molecule has 2 N–H and O–H groups in total. The first kappa shape index (κ1) is 13.2. The van der Waals surface area contributed by atoms with E-state index in [9.17, 15) is 14.4 Å². The molecule has 0 bridgehead atoms. The molecule has 0 fully saturated rings. The van der Waals surface area contributed by atoms with Gasteiger partial charge < -0.3 is 5.73 Å². The Morgan fingerprint density at radius 1 is 1.00 bits per heavy atom. The van der Waals surface area contributed by atoms with E-state index in [0.29, 0.717) is 5.56 Å². The summed E-state index contributed by atoms with van der Waals surface area (Å²) in [6.45, 7) is 1.90. The molecule has 1 aliphatic rings. The summed E-state index contributed by atoms with van der Waals surface area (Å²) in [6, 6.07) is 11.5. The summed E-state index contributed by atoms with van der Waals surface area (Å²) >= 11 is 0. The van der Waals surface area contributed by atoms with Crippen LogP contribution >= 0.6 is 0 Å². The minimum Gasteiger partial charge on any atom is -0.398 e. The van der Waals surface area contributed by atoms with Crippen LogP contribution in [0.4, 0.5) is 5.69 Å². The minimum absolute atomic E-state index is 0.174. The average Bonchev–Trinajstić information content (AvgIpc) is 2.72. The number of nitrogens with two attached hydrogens (primary N) is 1. The van der Waals surface area contributed by atoms with Crippen molar-refractivity contribution in [3.8, 4) is 0 Å². The number of carbonyl (C=O) groups is 3. The van der Waals surface area contributed by atoms with Gasteiger partial charge in [0.2, 0.25) is 0 Å². The molecular weight excluding hydrogens is 266 g/mol. The molecule has 4 heteroatoms. The van der Waals surface area contributed by atoms with E-state index in [0.717, 1.165) is 5.56 Å². The van der Waals surface area contributed by atoms with Crippen LogP contribution in [0.25, 0.3) is 0 Å². The highest BCUT2D eigenvalue weighted by atomic mass is 16.2. The summed E-state index contributed by atoms with van der Waals surface area (Å²) in [5, 5.41) is 0. The van der Waals surface area contributed by atoms with Crippen molar-refractivity contribution in [1.82, 2.24) is 0 Å². The largest absolute Gasteiger partial charge is 0.398 e. The van der Waals surface area contributed by atoms with Gasteiger partial charge in [-0.2, -0.15) is 0 Å². The quantitative estimate of drug-likeness (QED) is 0.520. The van der Waals surface area contributed by atoms with Crippen LogP contribution in [0, 0.1) is 12.8 Å². The van der Waals surface area contributed by atoms with E-state index in [2.05, 4.69) is 0 Å². The van der Waals surface area contributed by atoms with E-state index in [-0.39, 0.29) is 16.8 Å². The first-order chi connectivity index (χ1) is 10.0. The van der Waals surface area contributed by atoms with Gasteiger partial charge in [0.05, 0.1) is 5.56 Å². The number of hydrogen-bond acceptors (Lipinski definition) is 4. The fourth-order valence-corrected chi connectivity index (χ4v) is 2.59. The third-order valence-electron chi connectivity index (χ3n) is 3.73. The molecule has 21 heavy (non-hydrogen) atoms. The summed E-state index contributed by atoms with van der Waals surface area (Å²) in [5.74, 6) is -2.74. The predicted octanol–water partition coefficient (Wildman–Crippen LogP) is 2.46. The lowest BCUT2D eigenvalue weighted by Crippen LogP contribution is -2.25. The second kappa shape index (κ2) is 4.66. The topological polar surface area (TPSA) is 77.2 Å². The van der Waals surface area contributed by atoms with Crippen molar-refractivity contribution in [3.63, 3.8) is 0 Å². The Bertz CT molecular complexity index is 775. The lowest BCUT2D eigenvalue weighted by Gasteiger charge is -2.06. The number of rotatable bonds is 2. The highest BCUT2D eigenvalue weighted by Gasteiger charge is 2.44. The van der Waals surface area contributed by atoms with Crippen LogP contribution < -0.4 is 5.73 Å². The van der Waals surface area contributed by atoms with E-state index in [1.807, 2.05) is 6.92 Å². The number of ketones is 3. The molecule has 2 aromatic carbocycles. The van der Waals surface area contributed by atoms with Gasteiger partial charge in [0.25, 0.3) is 0 Å². The third kappa shape index (κ3) is 1.96. The Balaban J connectivity index is 2.04. The van der Waals surface area contributed by atoms with Crippen LogP contribution in [0.3, 0.4) is 0 Å². The van der Waals surface area contributed by atoms with Gasteiger partial charge in [0.15, 0.2) is 17.3 Å². The molecule has 1 aliphatic carbocycles. The van der Waals surface area contributed by atoms with Gasteiger partial charge in [-0.1, -0.05) is 42.0 Å². The maximum atomic E-state index is 12.5.